The first-order valence-corrected chi connectivity index (χ1v) is 11.4. The molecule has 0 fully saturated rings. The monoisotopic (exact) mass is 430 g/mol. The summed E-state index contributed by atoms with van der Waals surface area (Å²) in [6.07, 6.45) is 0.996. The number of amides is 1. The summed E-state index contributed by atoms with van der Waals surface area (Å²) in [7, 11) is -3.75. The zero-order valence-corrected chi connectivity index (χ0v) is 17.9. The molecule has 1 amide bonds. The summed E-state index contributed by atoms with van der Waals surface area (Å²) in [6.45, 7) is 4.73. The van der Waals surface area contributed by atoms with E-state index in [0.29, 0.717) is 6.54 Å². The summed E-state index contributed by atoms with van der Waals surface area (Å²) in [5.74, 6) is -0.197. The first-order chi connectivity index (χ1) is 14.2. The molecular weight excluding hydrogens is 404 g/mol. The number of hydrogen-bond acceptors (Lipinski definition) is 4. The Balaban J connectivity index is 1.69. The summed E-state index contributed by atoms with van der Waals surface area (Å²) in [5, 5.41) is 7.99. The van der Waals surface area contributed by atoms with Crippen molar-refractivity contribution in [3.63, 3.8) is 0 Å². The molecule has 0 aliphatic carbocycles. The number of hydrogen-bond donors (Lipinski definition) is 2. The lowest BCUT2D eigenvalue weighted by Crippen LogP contribution is -2.30. The van der Waals surface area contributed by atoms with Crippen molar-refractivity contribution in [1.82, 2.24) is 14.5 Å². The molecule has 0 saturated carbocycles. The summed E-state index contributed by atoms with van der Waals surface area (Å²) >= 11 is 0. The minimum absolute atomic E-state index is 0.0209. The first-order valence-electron chi connectivity index (χ1n) is 9.82. The van der Waals surface area contributed by atoms with Crippen molar-refractivity contribution in [2.45, 2.75) is 50.7 Å². The molecule has 0 radical (unpaired) electrons. The van der Waals surface area contributed by atoms with Crippen LogP contribution in [0.4, 0.5) is 0 Å². The molecule has 0 bridgehead atoms. The molecule has 3 N–H and O–H groups in total. The topological polar surface area (TPSA) is 116 Å². The normalized spacial score (nSPS) is 12.8. The second kappa shape index (κ2) is 8.85. The SMILES string of the molecule is CCCn1c(=O)n(CCC(=O)N[C@H](C)c2ccc(S(N)(=O)=O)cc2)c2ccccc21. The number of aryl methyl sites for hydroxylation is 2. The average Bonchev–Trinajstić information content (AvgIpc) is 2.97. The van der Waals surface area contributed by atoms with Crippen LogP contribution in [-0.2, 0) is 27.9 Å². The fourth-order valence-corrected chi connectivity index (χ4v) is 4.00. The molecule has 1 atom stereocenters. The lowest BCUT2D eigenvalue weighted by atomic mass is 10.1. The standard InChI is InChI=1S/C21H26N4O4S/c1-3-13-24-18-6-4-5-7-19(18)25(21(24)27)14-12-20(26)23-15(2)16-8-10-17(11-9-16)30(22,28)29/h4-11,15H,3,12-14H2,1-2H3,(H,23,26)(H2,22,28,29)/t15-/m1/s1. The molecule has 0 saturated heterocycles. The Labute approximate surface area is 175 Å². The predicted octanol–water partition coefficient (Wildman–Crippen LogP) is 2.13. The zero-order chi connectivity index (χ0) is 21.9. The highest BCUT2D eigenvalue weighted by molar-refractivity contribution is 7.89. The molecule has 1 heterocycles. The van der Waals surface area contributed by atoms with E-state index in [9.17, 15) is 18.0 Å². The Morgan fingerprint density at radius 3 is 2.13 bits per heavy atom. The Bertz CT molecular complexity index is 1210. The molecular formula is C21H26N4O4S. The number of primary sulfonamides is 1. The van der Waals surface area contributed by atoms with Crippen LogP contribution in [0.25, 0.3) is 11.0 Å². The molecule has 3 aromatic rings. The number of nitrogens with one attached hydrogen (secondary N) is 1. The van der Waals surface area contributed by atoms with E-state index < -0.39 is 10.0 Å². The molecule has 30 heavy (non-hydrogen) atoms. The van der Waals surface area contributed by atoms with Gasteiger partial charge in [-0.15, -0.1) is 0 Å². The van der Waals surface area contributed by atoms with E-state index in [1.54, 1.807) is 21.3 Å². The molecule has 1 aromatic heterocycles. The lowest BCUT2D eigenvalue weighted by molar-refractivity contribution is -0.121. The Hall–Kier alpha value is -2.91. The van der Waals surface area contributed by atoms with Crippen molar-refractivity contribution in [1.29, 1.82) is 0 Å². The maximum atomic E-state index is 12.8. The van der Waals surface area contributed by atoms with Crippen LogP contribution in [0.15, 0.2) is 58.2 Å². The highest BCUT2D eigenvalue weighted by Gasteiger charge is 2.15. The molecule has 0 aliphatic heterocycles. The Morgan fingerprint density at radius 2 is 1.60 bits per heavy atom. The Kier molecular flexibility index (Phi) is 6.42. The van der Waals surface area contributed by atoms with Gasteiger partial charge in [-0.3, -0.25) is 13.9 Å². The Morgan fingerprint density at radius 1 is 1.03 bits per heavy atom. The zero-order valence-electron chi connectivity index (χ0n) is 17.0. The van der Waals surface area contributed by atoms with E-state index >= 15 is 0 Å². The largest absolute Gasteiger partial charge is 0.350 e. The molecule has 160 valence electrons. The van der Waals surface area contributed by atoms with Gasteiger partial charge < -0.3 is 5.32 Å². The number of aromatic nitrogens is 2. The van der Waals surface area contributed by atoms with Gasteiger partial charge in [0.1, 0.15) is 0 Å². The van der Waals surface area contributed by atoms with Crippen LogP contribution in [0.2, 0.25) is 0 Å². The predicted molar refractivity (Wildman–Crippen MR) is 115 cm³/mol. The van der Waals surface area contributed by atoms with Gasteiger partial charge in [-0.25, -0.2) is 18.4 Å². The van der Waals surface area contributed by atoms with Gasteiger partial charge in [0.15, 0.2) is 0 Å². The van der Waals surface area contributed by atoms with E-state index in [1.165, 1.54) is 12.1 Å². The fourth-order valence-electron chi connectivity index (χ4n) is 3.48. The number of nitrogens with two attached hydrogens (primary N) is 1. The van der Waals surface area contributed by atoms with E-state index in [4.69, 9.17) is 5.14 Å². The number of imidazole rings is 1. The second-order valence-corrected chi connectivity index (χ2v) is 8.79. The summed E-state index contributed by atoms with van der Waals surface area (Å²) in [6, 6.07) is 13.3. The highest BCUT2D eigenvalue weighted by Crippen LogP contribution is 2.16. The van der Waals surface area contributed by atoms with Gasteiger partial charge >= 0.3 is 5.69 Å². The smallest absolute Gasteiger partial charge is 0.329 e. The van der Waals surface area contributed by atoms with E-state index in [-0.39, 0.29) is 35.5 Å². The van der Waals surface area contributed by atoms with Crippen molar-refractivity contribution in [3.8, 4) is 0 Å². The summed E-state index contributed by atoms with van der Waals surface area (Å²) in [5.41, 5.74) is 2.33. The van der Waals surface area contributed by atoms with Gasteiger partial charge in [0.2, 0.25) is 15.9 Å². The van der Waals surface area contributed by atoms with Crippen molar-refractivity contribution in [2.75, 3.05) is 0 Å². The van der Waals surface area contributed by atoms with Gasteiger partial charge in [-0.1, -0.05) is 31.2 Å². The van der Waals surface area contributed by atoms with Crippen LogP contribution in [0.3, 0.4) is 0 Å². The molecule has 9 heteroatoms. The van der Waals surface area contributed by atoms with Gasteiger partial charge in [-0.2, -0.15) is 0 Å². The molecule has 0 aliphatic rings. The van der Waals surface area contributed by atoms with Crippen molar-refractivity contribution in [2.24, 2.45) is 5.14 Å². The quantitative estimate of drug-likeness (QED) is 0.569. The first kappa shape index (κ1) is 21.8. The van der Waals surface area contributed by atoms with Crippen LogP contribution in [0.1, 0.15) is 38.3 Å². The second-order valence-electron chi connectivity index (χ2n) is 7.23. The van der Waals surface area contributed by atoms with Gasteiger partial charge in [0.05, 0.1) is 22.0 Å². The van der Waals surface area contributed by atoms with E-state index in [1.807, 2.05) is 38.1 Å². The fraction of sp³-hybridized carbons (Fsp3) is 0.333. The third-order valence-electron chi connectivity index (χ3n) is 5.02. The van der Waals surface area contributed by atoms with E-state index in [2.05, 4.69) is 5.32 Å². The van der Waals surface area contributed by atoms with Crippen molar-refractivity contribution < 1.29 is 13.2 Å². The number of para-hydroxylation sites is 2. The van der Waals surface area contributed by atoms with Gasteiger partial charge in [0, 0.05) is 19.5 Å². The molecule has 0 spiro atoms. The molecule has 3 rings (SSSR count). The number of carbonyl (C=O) groups excluding carboxylic acids is 1. The maximum Gasteiger partial charge on any atom is 0.329 e. The van der Waals surface area contributed by atoms with Crippen LogP contribution in [0, 0.1) is 0 Å². The number of nitrogens with zero attached hydrogens (tertiary/aromatic N) is 2. The molecule has 8 nitrogen and oxygen atoms in total. The highest BCUT2D eigenvalue weighted by atomic mass is 32.2. The van der Waals surface area contributed by atoms with Crippen molar-refractivity contribution >= 4 is 27.0 Å². The van der Waals surface area contributed by atoms with Crippen LogP contribution in [-0.4, -0.2) is 23.5 Å². The van der Waals surface area contributed by atoms with Crippen LogP contribution < -0.4 is 16.1 Å². The third kappa shape index (κ3) is 4.63. The number of rotatable bonds is 8. The van der Waals surface area contributed by atoms with Crippen molar-refractivity contribution in [3.05, 3.63) is 64.6 Å². The van der Waals surface area contributed by atoms with E-state index in [0.717, 1.165) is 23.0 Å². The lowest BCUT2D eigenvalue weighted by Gasteiger charge is -2.15. The maximum absolute atomic E-state index is 12.8. The number of fused-ring (bicyclic) bond motifs is 1. The molecule has 2 aromatic carbocycles. The summed E-state index contributed by atoms with van der Waals surface area (Å²) in [4.78, 5) is 25.3. The summed E-state index contributed by atoms with van der Waals surface area (Å²) < 4.78 is 26.1. The minimum Gasteiger partial charge on any atom is -0.350 e. The third-order valence-corrected chi connectivity index (χ3v) is 5.95. The number of sulfonamides is 1. The number of carbonyl (C=O) groups is 1. The van der Waals surface area contributed by atoms with Crippen LogP contribution >= 0.6 is 0 Å². The average molecular weight is 431 g/mol. The van der Waals surface area contributed by atoms with Gasteiger partial charge in [-0.05, 0) is 43.2 Å². The molecule has 0 unspecified atom stereocenters. The van der Waals surface area contributed by atoms with Gasteiger partial charge in [0.25, 0.3) is 0 Å². The number of benzene rings is 2. The van der Waals surface area contributed by atoms with Crippen LogP contribution in [0.5, 0.6) is 0 Å². The minimum atomic E-state index is -3.75.